The number of nitrogens with zero attached hydrogens (tertiary/aromatic N) is 2. The predicted molar refractivity (Wildman–Crippen MR) is 66.7 cm³/mol. The Morgan fingerprint density at radius 2 is 1.62 bits per heavy atom. The molecule has 0 aromatic heterocycles. The molecule has 3 rings (SSSR count). The lowest BCUT2D eigenvalue weighted by Gasteiger charge is -2.38. The van der Waals surface area contributed by atoms with E-state index in [-0.39, 0.29) is 0 Å². The van der Waals surface area contributed by atoms with Crippen LogP contribution in [0.1, 0.15) is 32.1 Å². The fourth-order valence-electron chi connectivity index (χ4n) is 3.66. The fraction of sp³-hybridized carbons (Fsp3) is 1.00. The third kappa shape index (κ3) is 2.27. The van der Waals surface area contributed by atoms with Gasteiger partial charge in [0.05, 0.1) is 0 Å². The molecule has 16 heavy (non-hydrogen) atoms. The molecule has 3 heteroatoms. The van der Waals surface area contributed by atoms with Crippen molar-refractivity contribution in [2.45, 2.75) is 50.2 Å². The zero-order valence-electron chi connectivity index (χ0n) is 10.5. The van der Waals surface area contributed by atoms with Gasteiger partial charge in [0.2, 0.25) is 0 Å². The van der Waals surface area contributed by atoms with Crippen molar-refractivity contribution in [3.63, 3.8) is 0 Å². The standard InChI is InChI=1S/C13H25N3/c1-15-7-5-13(6-8-15)16-9-4-11-2-3-12(10-16)14-11/h11-14H,2-10H2,1H3. The first-order valence-electron chi connectivity index (χ1n) is 7.00. The van der Waals surface area contributed by atoms with E-state index in [4.69, 9.17) is 0 Å². The van der Waals surface area contributed by atoms with E-state index in [0.29, 0.717) is 0 Å². The van der Waals surface area contributed by atoms with Crippen LogP contribution >= 0.6 is 0 Å². The smallest absolute Gasteiger partial charge is 0.0198 e. The Morgan fingerprint density at radius 1 is 0.875 bits per heavy atom. The molecule has 0 aromatic rings. The SMILES string of the molecule is CN1CCC(N2CCC3CCC(C2)N3)CC1. The van der Waals surface area contributed by atoms with Crippen LogP contribution in [0, 0.1) is 0 Å². The van der Waals surface area contributed by atoms with Crippen molar-refractivity contribution in [1.29, 1.82) is 0 Å². The third-order valence-electron chi connectivity index (χ3n) is 4.76. The van der Waals surface area contributed by atoms with Crippen LogP contribution in [0.3, 0.4) is 0 Å². The largest absolute Gasteiger partial charge is 0.310 e. The van der Waals surface area contributed by atoms with Gasteiger partial charge in [-0.25, -0.2) is 0 Å². The van der Waals surface area contributed by atoms with E-state index in [1.54, 1.807) is 0 Å². The summed E-state index contributed by atoms with van der Waals surface area (Å²) in [5, 5.41) is 3.78. The Bertz CT molecular complexity index is 235. The molecule has 0 aliphatic carbocycles. The molecule has 0 amide bonds. The molecule has 3 nitrogen and oxygen atoms in total. The molecule has 3 aliphatic heterocycles. The molecule has 0 radical (unpaired) electrons. The Kier molecular flexibility index (Phi) is 3.18. The minimum absolute atomic E-state index is 0.798. The number of hydrogen-bond donors (Lipinski definition) is 1. The fourth-order valence-corrected chi connectivity index (χ4v) is 3.66. The van der Waals surface area contributed by atoms with Gasteiger partial charge in [0, 0.05) is 24.7 Å². The van der Waals surface area contributed by atoms with Gasteiger partial charge in [0.15, 0.2) is 0 Å². The van der Waals surface area contributed by atoms with E-state index in [1.165, 1.54) is 58.3 Å². The molecular formula is C13H25N3. The zero-order valence-corrected chi connectivity index (χ0v) is 10.5. The summed E-state index contributed by atoms with van der Waals surface area (Å²) in [6.07, 6.45) is 6.98. The Balaban J connectivity index is 1.58. The van der Waals surface area contributed by atoms with Crippen molar-refractivity contribution in [2.24, 2.45) is 0 Å². The van der Waals surface area contributed by atoms with E-state index in [0.717, 1.165) is 18.1 Å². The van der Waals surface area contributed by atoms with Gasteiger partial charge in [-0.15, -0.1) is 0 Å². The number of hydrogen-bond acceptors (Lipinski definition) is 3. The number of likely N-dealkylation sites (tertiary alicyclic amines) is 2. The molecule has 2 bridgehead atoms. The van der Waals surface area contributed by atoms with Gasteiger partial charge in [0.1, 0.15) is 0 Å². The molecule has 3 fully saturated rings. The summed E-state index contributed by atoms with van der Waals surface area (Å²) in [5.74, 6) is 0. The summed E-state index contributed by atoms with van der Waals surface area (Å²) >= 11 is 0. The lowest BCUT2D eigenvalue weighted by Crippen LogP contribution is -2.46. The second kappa shape index (κ2) is 4.63. The normalized spacial score (nSPS) is 38.8. The van der Waals surface area contributed by atoms with Gasteiger partial charge in [0.25, 0.3) is 0 Å². The third-order valence-corrected chi connectivity index (χ3v) is 4.76. The second-order valence-electron chi connectivity index (χ2n) is 5.96. The number of nitrogens with one attached hydrogen (secondary N) is 1. The van der Waals surface area contributed by atoms with Crippen LogP contribution < -0.4 is 5.32 Å². The van der Waals surface area contributed by atoms with E-state index in [2.05, 4.69) is 22.2 Å². The highest BCUT2D eigenvalue weighted by Gasteiger charge is 2.32. The monoisotopic (exact) mass is 223 g/mol. The average molecular weight is 223 g/mol. The highest BCUT2D eigenvalue weighted by atomic mass is 15.2. The molecule has 2 unspecified atom stereocenters. The first-order valence-corrected chi connectivity index (χ1v) is 7.00. The molecule has 0 aromatic carbocycles. The number of piperidine rings is 1. The number of fused-ring (bicyclic) bond motifs is 2. The van der Waals surface area contributed by atoms with Crippen molar-refractivity contribution in [3.8, 4) is 0 Å². The first-order chi connectivity index (χ1) is 7.81. The minimum atomic E-state index is 0.798. The molecule has 3 aliphatic rings. The lowest BCUT2D eigenvalue weighted by molar-refractivity contribution is 0.116. The predicted octanol–water partition coefficient (Wildman–Crippen LogP) is 0.907. The highest BCUT2D eigenvalue weighted by molar-refractivity contribution is 4.92. The molecular weight excluding hydrogens is 198 g/mol. The van der Waals surface area contributed by atoms with Crippen LogP contribution in [0.25, 0.3) is 0 Å². The van der Waals surface area contributed by atoms with Gasteiger partial charge < -0.3 is 10.2 Å². The van der Waals surface area contributed by atoms with Crippen molar-refractivity contribution in [3.05, 3.63) is 0 Å². The maximum absolute atomic E-state index is 3.78. The molecule has 3 heterocycles. The minimum Gasteiger partial charge on any atom is -0.310 e. The van der Waals surface area contributed by atoms with Crippen molar-refractivity contribution >= 4 is 0 Å². The zero-order chi connectivity index (χ0) is 11.0. The van der Waals surface area contributed by atoms with Gasteiger partial charge in [-0.1, -0.05) is 0 Å². The van der Waals surface area contributed by atoms with Crippen molar-refractivity contribution in [2.75, 3.05) is 33.2 Å². The van der Waals surface area contributed by atoms with E-state index in [1.807, 2.05) is 0 Å². The molecule has 92 valence electrons. The van der Waals surface area contributed by atoms with Crippen LogP contribution in [-0.2, 0) is 0 Å². The second-order valence-corrected chi connectivity index (χ2v) is 5.96. The van der Waals surface area contributed by atoms with E-state index < -0.39 is 0 Å². The molecule has 0 spiro atoms. The van der Waals surface area contributed by atoms with E-state index >= 15 is 0 Å². The summed E-state index contributed by atoms with van der Waals surface area (Å²) in [6.45, 7) is 5.23. The summed E-state index contributed by atoms with van der Waals surface area (Å²) in [4.78, 5) is 5.25. The van der Waals surface area contributed by atoms with Crippen LogP contribution in [0.15, 0.2) is 0 Å². The van der Waals surface area contributed by atoms with Crippen LogP contribution in [0.2, 0.25) is 0 Å². The van der Waals surface area contributed by atoms with Crippen molar-refractivity contribution in [1.82, 2.24) is 15.1 Å². The van der Waals surface area contributed by atoms with Gasteiger partial charge in [-0.05, 0) is 58.8 Å². The molecule has 0 saturated carbocycles. The summed E-state index contributed by atoms with van der Waals surface area (Å²) in [7, 11) is 2.25. The Hall–Kier alpha value is -0.120. The van der Waals surface area contributed by atoms with Crippen LogP contribution in [0.4, 0.5) is 0 Å². The van der Waals surface area contributed by atoms with Crippen LogP contribution in [-0.4, -0.2) is 61.2 Å². The number of rotatable bonds is 1. The molecule has 1 N–H and O–H groups in total. The maximum atomic E-state index is 3.78. The molecule has 3 saturated heterocycles. The molecule has 2 atom stereocenters. The lowest BCUT2D eigenvalue weighted by atomic mass is 10.0. The van der Waals surface area contributed by atoms with Crippen molar-refractivity contribution < 1.29 is 0 Å². The summed E-state index contributed by atoms with van der Waals surface area (Å²) < 4.78 is 0. The average Bonchev–Trinajstić information content (AvgIpc) is 2.60. The maximum Gasteiger partial charge on any atom is 0.0198 e. The van der Waals surface area contributed by atoms with Gasteiger partial charge in [-0.2, -0.15) is 0 Å². The van der Waals surface area contributed by atoms with Crippen LogP contribution in [0.5, 0.6) is 0 Å². The topological polar surface area (TPSA) is 18.5 Å². The highest BCUT2D eigenvalue weighted by Crippen LogP contribution is 2.24. The van der Waals surface area contributed by atoms with E-state index in [9.17, 15) is 0 Å². The Morgan fingerprint density at radius 3 is 2.44 bits per heavy atom. The quantitative estimate of drug-likeness (QED) is 0.713. The Labute approximate surface area is 99.2 Å². The van der Waals surface area contributed by atoms with Gasteiger partial charge in [-0.3, -0.25) is 4.90 Å². The summed E-state index contributed by atoms with van der Waals surface area (Å²) in [6, 6.07) is 2.51. The van der Waals surface area contributed by atoms with Gasteiger partial charge >= 0.3 is 0 Å². The first kappa shape index (κ1) is 11.0. The summed E-state index contributed by atoms with van der Waals surface area (Å²) in [5.41, 5.74) is 0.